The summed E-state index contributed by atoms with van der Waals surface area (Å²) in [4.78, 5) is 13.8. The molecule has 4 heteroatoms. The molecule has 0 saturated heterocycles. The highest BCUT2D eigenvalue weighted by atomic mass is 79.9. The number of nitrogen functional groups attached to an aromatic ring is 1. The number of rotatable bonds is 4. The number of benzene rings is 1. The average molecular weight is 283 g/mol. The van der Waals surface area contributed by atoms with E-state index in [0.29, 0.717) is 24.3 Å². The summed E-state index contributed by atoms with van der Waals surface area (Å²) < 4.78 is 0.744. The third kappa shape index (κ3) is 2.85. The maximum absolute atomic E-state index is 12.0. The number of likely N-dealkylation sites (N-methyl/N-ethyl adjacent to an activating group) is 1. The lowest BCUT2D eigenvalue weighted by molar-refractivity contribution is 0.0782. The van der Waals surface area contributed by atoms with Gasteiger partial charge in [-0.25, -0.2) is 0 Å². The van der Waals surface area contributed by atoms with Crippen molar-refractivity contribution in [1.82, 2.24) is 4.90 Å². The van der Waals surface area contributed by atoms with Crippen molar-refractivity contribution in [1.29, 1.82) is 0 Å². The first-order valence-corrected chi connectivity index (χ1v) is 5.84. The fourth-order valence-electron chi connectivity index (χ4n) is 1.35. The number of hydrogen-bond donors (Lipinski definition) is 1. The van der Waals surface area contributed by atoms with E-state index in [1.807, 2.05) is 6.92 Å². The van der Waals surface area contributed by atoms with Gasteiger partial charge in [-0.1, -0.05) is 6.08 Å². The summed E-state index contributed by atoms with van der Waals surface area (Å²) in [5.74, 6) is -0.0110. The van der Waals surface area contributed by atoms with E-state index in [4.69, 9.17) is 5.73 Å². The second-order valence-electron chi connectivity index (χ2n) is 3.37. The Kier molecular flexibility index (Phi) is 4.55. The number of anilines is 1. The van der Waals surface area contributed by atoms with Crippen LogP contribution in [0.15, 0.2) is 35.3 Å². The summed E-state index contributed by atoms with van der Waals surface area (Å²) in [7, 11) is 0. The van der Waals surface area contributed by atoms with Gasteiger partial charge in [-0.3, -0.25) is 4.79 Å². The van der Waals surface area contributed by atoms with Gasteiger partial charge in [0.15, 0.2) is 0 Å². The number of nitrogens with zero attached hydrogens (tertiary/aromatic N) is 1. The van der Waals surface area contributed by atoms with Crippen LogP contribution in [0.25, 0.3) is 0 Å². The molecule has 86 valence electrons. The molecule has 1 aromatic rings. The van der Waals surface area contributed by atoms with Crippen LogP contribution < -0.4 is 5.73 Å². The van der Waals surface area contributed by atoms with Crippen molar-refractivity contribution in [3.05, 3.63) is 40.9 Å². The Balaban J connectivity index is 2.94. The minimum Gasteiger partial charge on any atom is -0.398 e. The third-order valence-corrected chi connectivity index (χ3v) is 2.95. The van der Waals surface area contributed by atoms with Crippen LogP contribution in [-0.4, -0.2) is 23.9 Å². The smallest absolute Gasteiger partial charge is 0.254 e. The molecule has 0 unspecified atom stereocenters. The van der Waals surface area contributed by atoms with Crippen LogP contribution in [0.4, 0.5) is 5.69 Å². The molecule has 3 nitrogen and oxygen atoms in total. The predicted octanol–water partition coefficient (Wildman–Crippen LogP) is 2.68. The van der Waals surface area contributed by atoms with E-state index >= 15 is 0 Å². The zero-order valence-electron chi connectivity index (χ0n) is 9.24. The molecule has 0 aliphatic carbocycles. The number of nitrogens with two attached hydrogens (primary N) is 1. The molecule has 2 N–H and O–H groups in total. The molecule has 0 aromatic heterocycles. The molecule has 0 spiro atoms. The van der Waals surface area contributed by atoms with E-state index in [1.54, 1.807) is 29.2 Å². The van der Waals surface area contributed by atoms with Crippen LogP contribution in [0, 0.1) is 0 Å². The molecule has 1 rings (SSSR count). The molecule has 1 aromatic carbocycles. The summed E-state index contributed by atoms with van der Waals surface area (Å²) in [6, 6.07) is 5.19. The van der Waals surface area contributed by atoms with Crippen molar-refractivity contribution >= 4 is 27.5 Å². The first kappa shape index (κ1) is 12.8. The first-order valence-electron chi connectivity index (χ1n) is 5.05. The molecule has 0 radical (unpaired) electrons. The number of amides is 1. The Morgan fingerprint density at radius 3 is 2.81 bits per heavy atom. The van der Waals surface area contributed by atoms with Gasteiger partial charge in [0.2, 0.25) is 0 Å². The zero-order valence-corrected chi connectivity index (χ0v) is 10.8. The van der Waals surface area contributed by atoms with E-state index in [2.05, 4.69) is 22.5 Å². The molecule has 0 saturated carbocycles. The molecular weight excluding hydrogens is 268 g/mol. The molecular formula is C12H15BrN2O. The minimum atomic E-state index is -0.0110. The lowest BCUT2D eigenvalue weighted by atomic mass is 10.2. The lowest BCUT2D eigenvalue weighted by Gasteiger charge is -2.19. The fraction of sp³-hybridized carbons (Fsp3) is 0.250. The second kappa shape index (κ2) is 5.70. The van der Waals surface area contributed by atoms with Crippen molar-refractivity contribution in [3.63, 3.8) is 0 Å². The van der Waals surface area contributed by atoms with E-state index in [1.165, 1.54) is 0 Å². The van der Waals surface area contributed by atoms with Crippen LogP contribution in [-0.2, 0) is 0 Å². The third-order valence-electron chi connectivity index (χ3n) is 2.27. The van der Waals surface area contributed by atoms with E-state index in [-0.39, 0.29) is 5.91 Å². The van der Waals surface area contributed by atoms with Crippen molar-refractivity contribution in [3.8, 4) is 0 Å². The molecule has 0 fully saturated rings. The monoisotopic (exact) mass is 282 g/mol. The van der Waals surface area contributed by atoms with E-state index < -0.39 is 0 Å². The number of carbonyl (C=O) groups excluding carboxylic acids is 1. The molecule has 0 heterocycles. The Bertz CT molecular complexity index is 404. The largest absolute Gasteiger partial charge is 0.398 e. The van der Waals surface area contributed by atoms with Gasteiger partial charge in [-0.05, 0) is 41.1 Å². The lowest BCUT2D eigenvalue weighted by Crippen LogP contribution is -2.30. The van der Waals surface area contributed by atoms with Gasteiger partial charge >= 0.3 is 0 Å². The van der Waals surface area contributed by atoms with Gasteiger partial charge in [0, 0.05) is 28.8 Å². The van der Waals surface area contributed by atoms with Crippen molar-refractivity contribution in [2.45, 2.75) is 6.92 Å². The molecule has 0 bridgehead atoms. The van der Waals surface area contributed by atoms with Gasteiger partial charge in [0.05, 0.1) is 0 Å². The highest BCUT2D eigenvalue weighted by Gasteiger charge is 2.13. The number of hydrogen-bond acceptors (Lipinski definition) is 2. The second-order valence-corrected chi connectivity index (χ2v) is 4.22. The van der Waals surface area contributed by atoms with E-state index in [0.717, 1.165) is 4.47 Å². The van der Waals surface area contributed by atoms with Crippen molar-refractivity contribution in [2.24, 2.45) is 0 Å². The Morgan fingerprint density at radius 1 is 1.62 bits per heavy atom. The molecule has 0 aliphatic heterocycles. The Labute approximate surface area is 104 Å². The summed E-state index contributed by atoms with van der Waals surface area (Å²) in [6.45, 7) is 6.78. The highest BCUT2D eigenvalue weighted by molar-refractivity contribution is 9.10. The zero-order chi connectivity index (χ0) is 12.1. The minimum absolute atomic E-state index is 0.0110. The normalized spacial score (nSPS) is 9.88. The summed E-state index contributed by atoms with van der Waals surface area (Å²) >= 11 is 3.31. The summed E-state index contributed by atoms with van der Waals surface area (Å²) in [5.41, 5.74) is 6.93. The highest BCUT2D eigenvalue weighted by Crippen LogP contribution is 2.21. The maximum atomic E-state index is 12.0. The summed E-state index contributed by atoms with van der Waals surface area (Å²) in [6.07, 6.45) is 1.72. The van der Waals surface area contributed by atoms with Crippen LogP contribution >= 0.6 is 15.9 Å². The standard InChI is InChI=1S/C12H15BrN2O/c1-3-7-15(4-2)12(16)9-5-6-11(14)10(13)8-9/h3,5-6,8H,1,4,7,14H2,2H3. The van der Waals surface area contributed by atoms with Crippen LogP contribution in [0.2, 0.25) is 0 Å². The molecule has 0 atom stereocenters. The Morgan fingerprint density at radius 2 is 2.31 bits per heavy atom. The van der Waals surface area contributed by atoms with Gasteiger partial charge < -0.3 is 10.6 Å². The quantitative estimate of drug-likeness (QED) is 0.682. The van der Waals surface area contributed by atoms with Crippen molar-refractivity contribution in [2.75, 3.05) is 18.8 Å². The van der Waals surface area contributed by atoms with Crippen LogP contribution in [0.3, 0.4) is 0 Å². The number of carbonyl (C=O) groups is 1. The van der Waals surface area contributed by atoms with Crippen LogP contribution in [0.5, 0.6) is 0 Å². The van der Waals surface area contributed by atoms with E-state index in [9.17, 15) is 4.79 Å². The maximum Gasteiger partial charge on any atom is 0.254 e. The summed E-state index contributed by atoms with van der Waals surface area (Å²) in [5, 5.41) is 0. The predicted molar refractivity (Wildman–Crippen MR) is 70.3 cm³/mol. The number of halogens is 1. The van der Waals surface area contributed by atoms with Crippen LogP contribution in [0.1, 0.15) is 17.3 Å². The SMILES string of the molecule is C=CCN(CC)C(=O)c1ccc(N)c(Br)c1. The molecule has 1 amide bonds. The van der Waals surface area contributed by atoms with Crippen molar-refractivity contribution < 1.29 is 4.79 Å². The van der Waals surface area contributed by atoms with Gasteiger partial charge in [0.25, 0.3) is 5.91 Å². The van der Waals surface area contributed by atoms with Gasteiger partial charge in [-0.2, -0.15) is 0 Å². The fourth-order valence-corrected chi connectivity index (χ4v) is 1.73. The van der Waals surface area contributed by atoms with Gasteiger partial charge in [0.1, 0.15) is 0 Å². The molecule has 0 aliphatic rings. The Hall–Kier alpha value is -1.29. The molecule has 16 heavy (non-hydrogen) atoms. The first-order chi connectivity index (χ1) is 7.60. The average Bonchev–Trinajstić information content (AvgIpc) is 2.28. The van der Waals surface area contributed by atoms with Gasteiger partial charge in [-0.15, -0.1) is 6.58 Å². The topological polar surface area (TPSA) is 46.3 Å².